The predicted molar refractivity (Wildman–Crippen MR) is 91.9 cm³/mol. The molecule has 1 atom stereocenters. The number of nitrogens with zero attached hydrogens (tertiary/aromatic N) is 4. The van der Waals surface area contributed by atoms with Crippen molar-refractivity contribution in [3.8, 4) is 6.07 Å². The second-order valence-electron chi connectivity index (χ2n) is 6.42. The molecule has 0 spiro atoms. The van der Waals surface area contributed by atoms with Crippen LogP contribution in [-0.2, 0) is 4.79 Å². The standard InChI is InChI=1S/C17H22N6O2/c1-12(16(24)21-17(25)20-14-4-5-14)22-7-9-23(10-8-22)15-13(11-18)3-2-6-19-15/h2-3,6,12,14H,4-5,7-10H2,1H3,(H2,20,21,24,25). The number of urea groups is 1. The van der Waals surface area contributed by atoms with Gasteiger partial charge in [-0.1, -0.05) is 0 Å². The first kappa shape index (κ1) is 17.2. The minimum absolute atomic E-state index is 0.222. The number of imide groups is 1. The first-order valence-electron chi connectivity index (χ1n) is 8.54. The normalized spacial score (nSPS) is 19.0. The second kappa shape index (κ2) is 7.49. The van der Waals surface area contributed by atoms with Crippen molar-refractivity contribution < 1.29 is 9.59 Å². The van der Waals surface area contributed by atoms with Crippen molar-refractivity contribution in [3.63, 3.8) is 0 Å². The number of carbonyl (C=O) groups excluding carboxylic acids is 2. The number of aromatic nitrogens is 1. The van der Waals surface area contributed by atoms with Gasteiger partial charge in [0.1, 0.15) is 11.9 Å². The largest absolute Gasteiger partial charge is 0.353 e. The summed E-state index contributed by atoms with van der Waals surface area (Å²) in [6, 6.07) is 5.09. The van der Waals surface area contributed by atoms with Gasteiger partial charge < -0.3 is 10.2 Å². The van der Waals surface area contributed by atoms with Crippen molar-refractivity contribution in [3.05, 3.63) is 23.9 Å². The summed E-state index contributed by atoms with van der Waals surface area (Å²) in [7, 11) is 0. The van der Waals surface area contributed by atoms with E-state index in [1.807, 2.05) is 4.90 Å². The molecule has 0 aromatic carbocycles. The molecule has 25 heavy (non-hydrogen) atoms. The van der Waals surface area contributed by atoms with Crippen molar-refractivity contribution in [2.24, 2.45) is 0 Å². The SMILES string of the molecule is CC(C(=O)NC(=O)NC1CC1)N1CCN(c2ncccc2C#N)CC1. The van der Waals surface area contributed by atoms with Crippen LogP contribution in [0.3, 0.4) is 0 Å². The summed E-state index contributed by atoms with van der Waals surface area (Å²) in [5.41, 5.74) is 0.554. The van der Waals surface area contributed by atoms with Crippen molar-refractivity contribution in [1.82, 2.24) is 20.5 Å². The van der Waals surface area contributed by atoms with E-state index in [9.17, 15) is 14.9 Å². The molecule has 2 fully saturated rings. The first-order valence-corrected chi connectivity index (χ1v) is 8.54. The number of hydrogen-bond donors (Lipinski definition) is 2. The zero-order valence-electron chi connectivity index (χ0n) is 14.2. The molecule has 1 aliphatic heterocycles. The Kier molecular flexibility index (Phi) is 5.14. The van der Waals surface area contributed by atoms with E-state index in [0.29, 0.717) is 37.6 Å². The Hall–Kier alpha value is -2.66. The smallest absolute Gasteiger partial charge is 0.321 e. The van der Waals surface area contributed by atoms with Crippen molar-refractivity contribution in [2.45, 2.75) is 31.8 Å². The average molecular weight is 342 g/mol. The second-order valence-corrected chi connectivity index (χ2v) is 6.42. The highest BCUT2D eigenvalue weighted by molar-refractivity contribution is 5.97. The van der Waals surface area contributed by atoms with Crippen LogP contribution in [0.15, 0.2) is 18.3 Å². The Balaban J connectivity index is 1.51. The summed E-state index contributed by atoms with van der Waals surface area (Å²) in [5, 5.41) is 14.4. The maximum absolute atomic E-state index is 12.2. The Bertz CT molecular complexity index is 689. The van der Waals surface area contributed by atoms with E-state index in [4.69, 9.17) is 0 Å². The third-order valence-electron chi connectivity index (χ3n) is 4.60. The summed E-state index contributed by atoms with van der Waals surface area (Å²) in [6.07, 6.45) is 3.64. The van der Waals surface area contributed by atoms with Gasteiger partial charge in [-0.3, -0.25) is 15.0 Å². The fourth-order valence-electron chi connectivity index (χ4n) is 2.89. The van der Waals surface area contributed by atoms with E-state index < -0.39 is 6.03 Å². The number of amides is 3. The van der Waals surface area contributed by atoms with Gasteiger partial charge in [-0.15, -0.1) is 0 Å². The number of hydrogen-bond acceptors (Lipinski definition) is 6. The highest BCUT2D eigenvalue weighted by atomic mass is 16.2. The van der Waals surface area contributed by atoms with Crippen LogP contribution in [0.25, 0.3) is 0 Å². The zero-order chi connectivity index (χ0) is 17.8. The predicted octanol–water partition coefficient (Wildman–Crippen LogP) is 0.452. The summed E-state index contributed by atoms with van der Waals surface area (Å²) in [4.78, 5) is 32.3. The topological polar surface area (TPSA) is 101 Å². The third kappa shape index (κ3) is 4.25. The molecule has 2 aliphatic rings. The molecule has 1 aliphatic carbocycles. The summed E-state index contributed by atoms with van der Waals surface area (Å²) in [5.74, 6) is 0.396. The van der Waals surface area contributed by atoms with Crippen molar-refractivity contribution >= 4 is 17.8 Å². The maximum Gasteiger partial charge on any atom is 0.321 e. The van der Waals surface area contributed by atoms with E-state index in [1.54, 1.807) is 25.3 Å². The molecule has 132 valence electrons. The Morgan fingerprint density at radius 2 is 2.04 bits per heavy atom. The van der Waals surface area contributed by atoms with Gasteiger partial charge in [0.15, 0.2) is 0 Å². The summed E-state index contributed by atoms with van der Waals surface area (Å²) >= 11 is 0. The molecule has 8 nitrogen and oxygen atoms in total. The van der Waals surface area contributed by atoms with Gasteiger partial charge >= 0.3 is 6.03 Å². The minimum atomic E-state index is -0.412. The molecule has 0 radical (unpaired) electrons. The molecule has 1 saturated heterocycles. The van der Waals surface area contributed by atoms with Crippen LogP contribution >= 0.6 is 0 Å². The van der Waals surface area contributed by atoms with Crippen LogP contribution in [0.5, 0.6) is 0 Å². The number of rotatable bonds is 4. The van der Waals surface area contributed by atoms with Gasteiger partial charge in [0, 0.05) is 38.4 Å². The quantitative estimate of drug-likeness (QED) is 0.824. The number of pyridine rings is 1. The summed E-state index contributed by atoms with van der Waals surface area (Å²) < 4.78 is 0. The van der Waals surface area contributed by atoms with Gasteiger partial charge in [-0.05, 0) is 31.9 Å². The molecule has 2 N–H and O–H groups in total. The lowest BCUT2D eigenvalue weighted by atomic mass is 10.2. The molecule has 1 aromatic rings. The lowest BCUT2D eigenvalue weighted by Gasteiger charge is -2.38. The van der Waals surface area contributed by atoms with Gasteiger partial charge in [0.2, 0.25) is 5.91 Å². The number of nitriles is 1. The van der Waals surface area contributed by atoms with Gasteiger partial charge in [0.05, 0.1) is 11.6 Å². The van der Waals surface area contributed by atoms with E-state index >= 15 is 0 Å². The molecule has 1 saturated carbocycles. The fourth-order valence-corrected chi connectivity index (χ4v) is 2.89. The number of carbonyl (C=O) groups is 2. The molecule has 0 bridgehead atoms. The first-order chi connectivity index (χ1) is 12.1. The van der Waals surface area contributed by atoms with Gasteiger partial charge in [0.25, 0.3) is 0 Å². The van der Waals surface area contributed by atoms with E-state index in [0.717, 1.165) is 12.8 Å². The Labute approximate surface area is 146 Å². The van der Waals surface area contributed by atoms with Crippen LogP contribution < -0.4 is 15.5 Å². The fraction of sp³-hybridized carbons (Fsp3) is 0.529. The lowest BCUT2D eigenvalue weighted by Crippen LogP contribution is -2.55. The number of anilines is 1. The Morgan fingerprint density at radius 1 is 1.32 bits per heavy atom. The molecule has 1 aromatic heterocycles. The molecule has 3 rings (SSSR count). The number of nitrogens with one attached hydrogen (secondary N) is 2. The van der Waals surface area contributed by atoms with Crippen molar-refractivity contribution in [2.75, 3.05) is 31.1 Å². The van der Waals surface area contributed by atoms with Crippen LogP contribution in [-0.4, -0.2) is 60.1 Å². The highest BCUT2D eigenvalue weighted by Gasteiger charge is 2.29. The van der Waals surface area contributed by atoms with Crippen LogP contribution in [0.2, 0.25) is 0 Å². The van der Waals surface area contributed by atoms with Gasteiger partial charge in [-0.25, -0.2) is 9.78 Å². The zero-order valence-corrected chi connectivity index (χ0v) is 14.2. The molecule has 3 amide bonds. The summed E-state index contributed by atoms with van der Waals surface area (Å²) in [6.45, 7) is 4.49. The molecule has 2 heterocycles. The van der Waals surface area contributed by atoms with Crippen LogP contribution in [0.4, 0.5) is 10.6 Å². The van der Waals surface area contributed by atoms with Crippen LogP contribution in [0, 0.1) is 11.3 Å². The maximum atomic E-state index is 12.2. The highest BCUT2D eigenvalue weighted by Crippen LogP contribution is 2.19. The van der Waals surface area contributed by atoms with E-state index in [1.165, 1.54) is 0 Å². The van der Waals surface area contributed by atoms with E-state index in [-0.39, 0.29) is 18.0 Å². The lowest BCUT2D eigenvalue weighted by molar-refractivity contribution is -0.124. The number of piperazine rings is 1. The van der Waals surface area contributed by atoms with E-state index in [2.05, 4.69) is 26.6 Å². The van der Waals surface area contributed by atoms with Gasteiger partial charge in [-0.2, -0.15) is 5.26 Å². The molecule has 8 heteroatoms. The molecular weight excluding hydrogens is 320 g/mol. The van der Waals surface area contributed by atoms with Crippen molar-refractivity contribution in [1.29, 1.82) is 5.26 Å². The monoisotopic (exact) mass is 342 g/mol. The third-order valence-corrected chi connectivity index (χ3v) is 4.60. The molecular formula is C17H22N6O2. The minimum Gasteiger partial charge on any atom is -0.353 e. The Morgan fingerprint density at radius 3 is 2.68 bits per heavy atom. The molecule has 1 unspecified atom stereocenters. The average Bonchev–Trinajstić information content (AvgIpc) is 3.45. The van der Waals surface area contributed by atoms with Crippen LogP contribution in [0.1, 0.15) is 25.3 Å².